The van der Waals surface area contributed by atoms with Crippen molar-refractivity contribution in [3.8, 4) is 17.5 Å². The first-order chi connectivity index (χ1) is 17.3. The number of hydrogen-bond acceptors (Lipinski definition) is 9. The highest BCUT2D eigenvalue weighted by molar-refractivity contribution is 7.17. The van der Waals surface area contributed by atoms with Crippen molar-refractivity contribution in [1.82, 2.24) is 25.3 Å². The molecule has 0 unspecified atom stereocenters. The van der Waals surface area contributed by atoms with Crippen LogP contribution in [0.3, 0.4) is 0 Å². The second-order valence-corrected chi connectivity index (χ2v) is 9.58. The molecule has 13 heteroatoms. The van der Waals surface area contributed by atoms with Gasteiger partial charge in [-0.25, -0.2) is 9.78 Å². The van der Waals surface area contributed by atoms with Gasteiger partial charge in [-0.15, -0.1) is 0 Å². The van der Waals surface area contributed by atoms with Gasteiger partial charge in [0, 0.05) is 37.8 Å². The Morgan fingerprint density at radius 1 is 1.44 bits per heavy atom. The Bertz CT molecular complexity index is 1300. The lowest BCUT2D eigenvalue weighted by molar-refractivity contribution is 0.0205. The maximum Gasteiger partial charge on any atom is 0.348 e. The molecule has 1 fully saturated rings. The van der Waals surface area contributed by atoms with Gasteiger partial charge >= 0.3 is 5.97 Å². The Hall–Kier alpha value is -3.53. The molecule has 1 aliphatic rings. The van der Waals surface area contributed by atoms with Gasteiger partial charge in [-0.3, -0.25) is 14.8 Å². The monoisotopic (exact) mass is 529 g/mol. The molecule has 2 atom stereocenters. The zero-order valence-corrected chi connectivity index (χ0v) is 21.2. The topological polar surface area (TPSA) is 157 Å². The molecule has 1 amide bonds. The number of amides is 1. The fourth-order valence-corrected chi connectivity index (χ4v) is 5.13. The number of carboxylic acid groups (broad SMARTS) is 1. The number of H-pyrrole nitrogens is 1. The summed E-state index contributed by atoms with van der Waals surface area (Å²) in [6.45, 7) is 5.08. The van der Waals surface area contributed by atoms with E-state index in [1.807, 2.05) is 17.9 Å². The second-order valence-electron chi connectivity index (χ2n) is 8.22. The number of rotatable bonds is 8. The Morgan fingerprint density at radius 2 is 2.25 bits per heavy atom. The van der Waals surface area contributed by atoms with Crippen LogP contribution in [-0.2, 0) is 4.74 Å². The van der Waals surface area contributed by atoms with Gasteiger partial charge in [0.1, 0.15) is 33.6 Å². The molecule has 36 heavy (non-hydrogen) atoms. The van der Waals surface area contributed by atoms with E-state index < -0.39 is 11.9 Å². The molecule has 188 valence electrons. The number of anilines is 1. The summed E-state index contributed by atoms with van der Waals surface area (Å²) >= 11 is 7.21. The number of carboxylic acids is 1. The molecule has 3 aromatic heterocycles. The van der Waals surface area contributed by atoms with Gasteiger partial charge in [0.2, 0.25) is 0 Å². The van der Waals surface area contributed by atoms with Crippen LogP contribution in [0.15, 0.2) is 18.6 Å². The summed E-state index contributed by atoms with van der Waals surface area (Å²) in [6.07, 6.45) is 5.41. The third-order valence-corrected chi connectivity index (χ3v) is 7.32. The van der Waals surface area contributed by atoms with E-state index in [9.17, 15) is 20.0 Å². The van der Waals surface area contributed by atoms with Crippen molar-refractivity contribution in [2.45, 2.75) is 38.8 Å². The fraction of sp³-hybridized carbons (Fsp3) is 0.391. The van der Waals surface area contributed by atoms with Crippen LogP contribution in [0.2, 0.25) is 5.02 Å². The minimum absolute atomic E-state index is 0.0787. The van der Waals surface area contributed by atoms with Crippen LogP contribution in [-0.4, -0.2) is 68.8 Å². The Kier molecular flexibility index (Phi) is 7.83. The van der Waals surface area contributed by atoms with Crippen LogP contribution in [0.1, 0.15) is 51.2 Å². The summed E-state index contributed by atoms with van der Waals surface area (Å²) in [5.74, 6) is -1.52. The number of nitriles is 1. The number of aromatic nitrogens is 4. The number of nitrogens with zero attached hydrogens (tertiary/aromatic N) is 5. The predicted octanol–water partition coefficient (Wildman–Crippen LogP) is 3.26. The molecule has 11 nitrogen and oxygen atoms in total. The van der Waals surface area contributed by atoms with Gasteiger partial charge in [-0.2, -0.15) is 5.26 Å². The third-order valence-electron chi connectivity index (χ3n) is 5.75. The van der Waals surface area contributed by atoms with E-state index in [1.54, 1.807) is 6.92 Å². The maximum absolute atomic E-state index is 13.0. The van der Waals surface area contributed by atoms with Crippen LogP contribution in [0.25, 0.3) is 11.4 Å². The molecule has 0 aromatic carbocycles. The van der Waals surface area contributed by atoms with Crippen LogP contribution >= 0.6 is 22.9 Å². The minimum atomic E-state index is -1.09. The zero-order valence-electron chi connectivity index (χ0n) is 19.6. The number of aryl methyl sites for hydroxylation is 1. The van der Waals surface area contributed by atoms with Crippen molar-refractivity contribution >= 4 is 39.9 Å². The van der Waals surface area contributed by atoms with E-state index in [2.05, 4.69) is 25.3 Å². The van der Waals surface area contributed by atoms with Crippen molar-refractivity contribution in [2.75, 3.05) is 24.6 Å². The number of aromatic amines is 1. The van der Waals surface area contributed by atoms with Gasteiger partial charge < -0.3 is 25.0 Å². The lowest BCUT2D eigenvalue weighted by Gasteiger charge is -2.38. The molecule has 3 aromatic rings. The van der Waals surface area contributed by atoms with Crippen molar-refractivity contribution in [3.05, 3.63) is 45.4 Å². The number of aromatic carboxylic acids is 1. The molecule has 1 saturated heterocycles. The molecule has 0 radical (unpaired) electrons. The van der Waals surface area contributed by atoms with Crippen molar-refractivity contribution in [2.24, 2.45) is 0 Å². The highest BCUT2D eigenvalue weighted by Crippen LogP contribution is 2.34. The first-order valence-electron chi connectivity index (χ1n) is 11.3. The van der Waals surface area contributed by atoms with Gasteiger partial charge in [0.05, 0.1) is 23.4 Å². The Labute approximate surface area is 216 Å². The van der Waals surface area contributed by atoms with E-state index in [0.29, 0.717) is 42.6 Å². The molecule has 0 saturated carbocycles. The highest BCUT2D eigenvalue weighted by Gasteiger charge is 2.34. The summed E-state index contributed by atoms with van der Waals surface area (Å²) in [4.78, 5) is 42.6. The lowest BCUT2D eigenvalue weighted by atomic mass is 10.0. The molecular weight excluding hydrogens is 506 g/mol. The predicted molar refractivity (Wildman–Crippen MR) is 133 cm³/mol. The van der Waals surface area contributed by atoms with Crippen LogP contribution in [0, 0.1) is 18.3 Å². The number of carbonyl (C=O) groups is 2. The number of piperidine rings is 1. The Morgan fingerprint density at radius 3 is 2.92 bits per heavy atom. The fourth-order valence-electron chi connectivity index (χ4n) is 4.00. The maximum atomic E-state index is 13.0. The van der Waals surface area contributed by atoms with Crippen LogP contribution in [0.5, 0.6) is 0 Å². The quantitative estimate of drug-likeness (QED) is 0.398. The first-order valence-corrected chi connectivity index (χ1v) is 12.5. The number of ether oxygens (including phenoxy) is 1. The molecule has 0 bridgehead atoms. The summed E-state index contributed by atoms with van der Waals surface area (Å²) < 4.78 is 6.07. The molecule has 0 spiro atoms. The summed E-state index contributed by atoms with van der Waals surface area (Å²) in [5.41, 5.74) is 1.42. The van der Waals surface area contributed by atoms with Crippen molar-refractivity contribution < 1.29 is 19.4 Å². The van der Waals surface area contributed by atoms with Crippen LogP contribution < -0.4 is 10.2 Å². The number of carbonyl (C=O) groups excluding carboxylic acids is 1. The van der Waals surface area contributed by atoms with Gasteiger partial charge in [-0.1, -0.05) is 29.9 Å². The highest BCUT2D eigenvalue weighted by atomic mass is 35.5. The van der Waals surface area contributed by atoms with Crippen molar-refractivity contribution in [3.63, 3.8) is 0 Å². The SMILES string of the molecule is CCCO[C@H]1CN(c2nc(-c3cnccn3)c(C(=O)O)s2)CC[C@H]1NC(=O)c1[nH]c(C)c(Cl)c1C#N. The average Bonchev–Trinajstić information content (AvgIpc) is 3.45. The average molecular weight is 530 g/mol. The smallest absolute Gasteiger partial charge is 0.348 e. The van der Waals surface area contributed by atoms with Crippen LogP contribution in [0.4, 0.5) is 5.13 Å². The molecule has 1 aliphatic heterocycles. The molecule has 0 aliphatic carbocycles. The summed E-state index contributed by atoms with van der Waals surface area (Å²) in [5, 5.41) is 22.9. The van der Waals surface area contributed by atoms with E-state index in [0.717, 1.165) is 17.8 Å². The molecular formula is C23H24ClN7O4S. The largest absolute Gasteiger partial charge is 0.477 e. The number of hydrogen-bond donors (Lipinski definition) is 3. The second kappa shape index (κ2) is 11.0. The van der Waals surface area contributed by atoms with Gasteiger partial charge in [0.15, 0.2) is 5.13 Å². The third kappa shape index (κ3) is 5.18. The Balaban J connectivity index is 1.55. The van der Waals surface area contributed by atoms with Crippen molar-refractivity contribution in [1.29, 1.82) is 5.26 Å². The minimum Gasteiger partial charge on any atom is -0.477 e. The zero-order chi connectivity index (χ0) is 25.8. The molecule has 4 rings (SSSR count). The number of halogens is 1. The first kappa shape index (κ1) is 25.6. The van der Waals surface area contributed by atoms with E-state index >= 15 is 0 Å². The molecule has 4 heterocycles. The normalized spacial score (nSPS) is 17.6. The van der Waals surface area contributed by atoms with E-state index in [4.69, 9.17) is 16.3 Å². The number of nitrogens with one attached hydrogen (secondary N) is 2. The standard InChI is InChI=1S/C23H24ClN7O4S/c1-3-8-35-16-11-31(23-30-19(20(36-23)22(33)34)15-10-26-5-6-27-15)7-4-14(16)29-21(32)18-13(9-25)17(24)12(2)28-18/h5-6,10,14,16,28H,3-4,7-8,11H2,1-2H3,(H,29,32)(H,33,34)/t14-,16+/m1/s1. The summed E-state index contributed by atoms with van der Waals surface area (Å²) in [7, 11) is 0. The van der Waals surface area contributed by atoms with Gasteiger partial charge in [-0.05, 0) is 19.8 Å². The van der Waals surface area contributed by atoms with E-state index in [1.165, 1.54) is 18.6 Å². The van der Waals surface area contributed by atoms with E-state index in [-0.39, 0.29) is 39.0 Å². The molecule has 3 N–H and O–H groups in total. The lowest BCUT2D eigenvalue weighted by Crippen LogP contribution is -2.55. The van der Waals surface area contributed by atoms with Gasteiger partial charge in [0.25, 0.3) is 5.91 Å². The number of thiazole rings is 1. The summed E-state index contributed by atoms with van der Waals surface area (Å²) in [6, 6.07) is 1.65.